The van der Waals surface area contributed by atoms with Crippen molar-refractivity contribution in [3.05, 3.63) is 12.7 Å². The molecule has 0 aromatic carbocycles. The predicted molar refractivity (Wildman–Crippen MR) is 89.2 cm³/mol. The average molecular weight is 283 g/mol. The van der Waals surface area contributed by atoms with E-state index in [9.17, 15) is 8.78 Å². The number of hydrogen-bond acceptors (Lipinski definition) is 0. The van der Waals surface area contributed by atoms with Gasteiger partial charge in [-0.1, -0.05) is 74.3 Å². The third-order valence-corrected chi connectivity index (χ3v) is 1.15. The third kappa shape index (κ3) is 202. The first-order valence-corrected chi connectivity index (χ1v) is 7.73. The van der Waals surface area contributed by atoms with Crippen molar-refractivity contribution >= 4 is 0 Å². The summed E-state index contributed by atoms with van der Waals surface area (Å²) in [4.78, 5) is 0. The molecule has 0 fully saturated rings. The Morgan fingerprint density at radius 2 is 1.21 bits per heavy atom. The smallest absolute Gasteiger partial charge is 0.208 e. The van der Waals surface area contributed by atoms with Gasteiger partial charge in [-0.05, 0) is 26.2 Å². The standard InChI is InChI=1S/C7H14.C3H6F2.C3H8.2C2H6/c1-4-6-7(3)5-2;1-3(2,4)5;1-3-2;2*1-2/h5,7H,2,4,6H2,1,3H3;1-2H3;3H2,1-2H3;2*1-2H3. The summed E-state index contributed by atoms with van der Waals surface area (Å²) in [7, 11) is 0. The predicted octanol–water partition coefficient (Wildman–Crippen LogP) is 7.74. The van der Waals surface area contributed by atoms with Crippen LogP contribution in [0.15, 0.2) is 12.7 Å². The van der Waals surface area contributed by atoms with Gasteiger partial charge >= 0.3 is 0 Å². The lowest BCUT2D eigenvalue weighted by Crippen LogP contribution is -1.98. The van der Waals surface area contributed by atoms with E-state index in [1.165, 1.54) is 19.3 Å². The zero-order chi connectivity index (χ0) is 16.9. The molecular weight excluding hydrogens is 242 g/mol. The maximum Gasteiger partial charge on any atom is 0.242 e. The van der Waals surface area contributed by atoms with Crippen LogP contribution in [0.4, 0.5) is 8.78 Å². The zero-order valence-corrected chi connectivity index (χ0v) is 15.2. The van der Waals surface area contributed by atoms with Crippen LogP contribution >= 0.6 is 0 Å². The lowest BCUT2D eigenvalue weighted by atomic mass is 10.1. The molecule has 0 aromatic heterocycles. The molecule has 0 saturated heterocycles. The molecule has 0 bridgehead atoms. The fraction of sp³-hybridized carbons (Fsp3) is 0.882. The molecule has 1 unspecified atom stereocenters. The van der Waals surface area contributed by atoms with Crippen molar-refractivity contribution in [3.63, 3.8) is 0 Å². The van der Waals surface area contributed by atoms with E-state index < -0.39 is 5.92 Å². The monoisotopic (exact) mass is 282 g/mol. The van der Waals surface area contributed by atoms with E-state index in [0.29, 0.717) is 5.92 Å². The Bertz CT molecular complexity index is 109. The molecule has 0 aliphatic heterocycles. The van der Waals surface area contributed by atoms with Crippen molar-refractivity contribution in [2.24, 2.45) is 5.92 Å². The van der Waals surface area contributed by atoms with Gasteiger partial charge in [0.1, 0.15) is 0 Å². The van der Waals surface area contributed by atoms with Crippen LogP contribution in [-0.2, 0) is 0 Å². The summed E-state index contributed by atoms with van der Waals surface area (Å²) in [6.07, 6.45) is 5.81. The van der Waals surface area contributed by atoms with E-state index in [-0.39, 0.29) is 0 Å². The molecule has 0 N–H and O–H groups in total. The normalized spacial score (nSPS) is 9.68. The van der Waals surface area contributed by atoms with Crippen LogP contribution in [0.2, 0.25) is 0 Å². The van der Waals surface area contributed by atoms with Crippen molar-refractivity contribution < 1.29 is 8.78 Å². The lowest BCUT2D eigenvalue weighted by Gasteiger charge is -1.98. The van der Waals surface area contributed by atoms with Crippen LogP contribution in [0.1, 0.15) is 88.5 Å². The highest BCUT2D eigenvalue weighted by Crippen LogP contribution is 2.06. The van der Waals surface area contributed by atoms with Gasteiger partial charge in [-0.15, -0.1) is 6.58 Å². The molecule has 0 aliphatic carbocycles. The second-order valence-electron chi connectivity index (χ2n) is 4.04. The van der Waals surface area contributed by atoms with Crippen LogP contribution in [0.3, 0.4) is 0 Å². The SMILES string of the molecule is C=CC(C)CCC.CC.CC.CC(C)(F)F.CCC. The van der Waals surface area contributed by atoms with E-state index in [0.717, 1.165) is 13.8 Å². The molecular formula is C17H40F2. The molecule has 0 radical (unpaired) electrons. The summed E-state index contributed by atoms with van der Waals surface area (Å²) in [6.45, 7) is 22.0. The Morgan fingerprint density at radius 3 is 1.26 bits per heavy atom. The molecule has 0 heterocycles. The van der Waals surface area contributed by atoms with Gasteiger partial charge in [-0.3, -0.25) is 0 Å². The average Bonchev–Trinajstić information content (AvgIpc) is 2.33. The van der Waals surface area contributed by atoms with Gasteiger partial charge in [0, 0.05) is 0 Å². The minimum absolute atomic E-state index is 0.713. The van der Waals surface area contributed by atoms with Gasteiger partial charge in [-0.2, -0.15) is 0 Å². The lowest BCUT2D eigenvalue weighted by molar-refractivity contribution is 0.0437. The Kier molecular flexibility index (Phi) is 50.1. The number of hydrogen-bond donors (Lipinski definition) is 0. The largest absolute Gasteiger partial charge is 0.242 e. The minimum atomic E-state index is -2.50. The van der Waals surface area contributed by atoms with E-state index in [1.54, 1.807) is 0 Å². The first-order chi connectivity index (χ1) is 8.72. The fourth-order valence-electron chi connectivity index (χ4n) is 0.573. The quantitative estimate of drug-likeness (QED) is 0.464. The second kappa shape index (κ2) is 30.5. The van der Waals surface area contributed by atoms with Crippen LogP contribution < -0.4 is 0 Å². The maximum atomic E-state index is 11.0. The Labute approximate surface area is 122 Å². The fourth-order valence-corrected chi connectivity index (χ4v) is 0.573. The topological polar surface area (TPSA) is 0 Å². The Hall–Kier alpha value is -0.400. The zero-order valence-electron chi connectivity index (χ0n) is 15.2. The number of halogens is 2. The molecule has 0 saturated carbocycles. The highest BCUT2D eigenvalue weighted by Gasteiger charge is 2.08. The number of rotatable bonds is 3. The number of alkyl halides is 2. The summed E-state index contributed by atoms with van der Waals surface area (Å²) >= 11 is 0. The van der Waals surface area contributed by atoms with E-state index in [4.69, 9.17) is 0 Å². The van der Waals surface area contributed by atoms with Crippen LogP contribution in [0.25, 0.3) is 0 Å². The molecule has 122 valence electrons. The molecule has 0 rings (SSSR count). The third-order valence-electron chi connectivity index (χ3n) is 1.15. The van der Waals surface area contributed by atoms with Gasteiger partial charge in [0.05, 0.1) is 0 Å². The molecule has 19 heavy (non-hydrogen) atoms. The minimum Gasteiger partial charge on any atom is -0.208 e. The van der Waals surface area contributed by atoms with Crippen LogP contribution in [0, 0.1) is 5.92 Å². The van der Waals surface area contributed by atoms with Crippen molar-refractivity contribution in [2.75, 3.05) is 0 Å². The summed E-state index contributed by atoms with van der Waals surface area (Å²) in [6, 6.07) is 0. The first-order valence-electron chi connectivity index (χ1n) is 7.73. The summed E-state index contributed by atoms with van der Waals surface area (Å²) in [5, 5.41) is 0. The summed E-state index contributed by atoms with van der Waals surface area (Å²) < 4.78 is 22.0. The van der Waals surface area contributed by atoms with Crippen molar-refractivity contribution in [1.82, 2.24) is 0 Å². The van der Waals surface area contributed by atoms with Crippen LogP contribution in [0.5, 0.6) is 0 Å². The second-order valence-corrected chi connectivity index (χ2v) is 4.04. The van der Waals surface area contributed by atoms with E-state index in [2.05, 4.69) is 34.3 Å². The Morgan fingerprint density at radius 1 is 1.00 bits per heavy atom. The summed E-state index contributed by atoms with van der Waals surface area (Å²) in [5.41, 5.74) is 0. The van der Waals surface area contributed by atoms with Crippen LogP contribution in [-0.4, -0.2) is 5.92 Å². The highest BCUT2D eigenvalue weighted by molar-refractivity contribution is 4.73. The highest BCUT2D eigenvalue weighted by atomic mass is 19.3. The maximum absolute atomic E-state index is 11.0. The van der Waals surface area contributed by atoms with Crippen molar-refractivity contribution in [3.8, 4) is 0 Å². The van der Waals surface area contributed by atoms with Gasteiger partial charge in [0.15, 0.2) is 0 Å². The molecule has 1 atom stereocenters. The molecule has 0 amide bonds. The molecule has 0 spiro atoms. The molecule has 0 aliphatic rings. The van der Waals surface area contributed by atoms with Gasteiger partial charge in [-0.25, -0.2) is 8.78 Å². The number of allylic oxidation sites excluding steroid dienone is 1. The molecule has 0 nitrogen and oxygen atoms in total. The summed E-state index contributed by atoms with van der Waals surface area (Å²) in [5.74, 6) is -1.79. The van der Waals surface area contributed by atoms with Crippen molar-refractivity contribution in [1.29, 1.82) is 0 Å². The van der Waals surface area contributed by atoms with Gasteiger partial charge in [0.2, 0.25) is 5.92 Å². The first kappa shape index (κ1) is 31.2. The van der Waals surface area contributed by atoms with Crippen molar-refractivity contribution in [2.45, 2.75) is 94.4 Å². The molecule has 0 aromatic rings. The van der Waals surface area contributed by atoms with E-state index >= 15 is 0 Å². The van der Waals surface area contributed by atoms with Gasteiger partial charge in [0.25, 0.3) is 0 Å². The van der Waals surface area contributed by atoms with E-state index in [1.807, 2.05) is 33.8 Å². The Balaban J connectivity index is -0.0000000480. The molecule has 2 heteroatoms. The van der Waals surface area contributed by atoms with Gasteiger partial charge < -0.3 is 0 Å².